The van der Waals surface area contributed by atoms with Crippen LogP contribution in [0, 0.1) is 0 Å². The Morgan fingerprint density at radius 2 is 2.07 bits per heavy atom. The van der Waals surface area contributed by atoms with Gasteiger partial charge in [-0.2, -0.15) is 0 Å². The SMILES string of the molecule is CO[C@@H]1CCCC[C@H]1NC1CCOC1. The third-order valence-corrected chi connectivity index (χ3v) is 3.38. The van der Waals surface area contributed by atoms with E-state index in [1.165, 1.54) is 25.7 Å². The second kappa shape index (κ2) is 5.10. The Kier molecular flexibility index (Phi) is 3.79. The van der Waals surface area contributed by atoms with Crippen molar-refractivity contribution in [3.63, 3.8) is 0 Å². The predicted octanol–water partition coefficient (Wildman–Crippen LogP) is 1.32. The fraction of sp³-hybridized carbons (Fsp3) is 1.00. The minimum Gasteiger partial charge on any atom is -0.380 e. The highest BCUT2D eigenvalue weighted by atomic mass is 16.5. The van der Waals surface area contributed by atoms with Crippen molar-refractivity contribution >= 4 is 0 Å². The summed E-state index contributed by atoms with van der Waals surface area (Å²) >= 11 is 0. The Bertz CT molecular complexity index is 169. The van der Waals surface area contributed by atoms with Crippen LogP contribution >= 0.6 is 0 Å². The molecule has 3 atom stereocenters. The van der Waals surface area contributed by atoms with Gasteiger partial charge in [-0.15, -0.1) is 0 Å². The van der Waals surface area contributed by atoms with Gasteiger partial charge in [0.2, 0.25) is 0 Å². The Balaban J connectivity index is 1.81. The molecule has 1 heterocycles. The summed E-state index contributed by atoms with van der Waals surface area (Å²) in [4.78, 5) is 0. The first kappa shape index (κ1) is 10.4. The molecule has 1 unspecified atom stereocenters. The quantitative estimate of drug-likeness (QED) is 0.743. The van der Waals surface area contributed by atoms with Gasteiger partial charge in [0.05, 0.1) is 12.7 Å². The van der Waals surface area contributed by atoms with Crippen LogP contribution < -0.4 is 5.32 Å². The van der Waals surface area contributed by atoms with Crippen molar-refractivity contribution in [3.8, 4) is 0 Å². The van der Waals surface area contributed by atoms with Crippen LogP contribution in [0.5, 0.6) is 0 Å². The van der Waals surface area contributed by atoms with Crippen molar-refractivity contribution in [2.24, 2.45) is 0 Å². The van der Waals surface area contributed by atoms with E-state index in [0.29, 0.717) is 18.2 Å². The van der Waals surface area contributed by atoms with Crippen LogP contribution in [-0.2, 0) is 9.47 Å². The predicted molar refractivity (Wildman–Crippen MR) is 55.4 cm³/mol. The summed E-state index contributed by atoms with van der Waals surface area (Å²) in [6.07, 6.45) is 6.71. The van der Waals surface area contributed by atoms with Crippen LogP contribution in [0.15, 0.2) is 0 Å². The Hall–Kier alpha value is -0.120. The maximum absolute atomic E-state index is 5.51. The molecule has 3 heteroatoms. The molecule has 1 saturated heterocycles. The largest absolute Gasteiger partial charge is 0.380 e. The molecule has 1 aliphatic heterocycles. The summed E-state index contributed by atoms with van der Waals surface area (Å²) in [6, 6.07) is 1.12. The molecule has 82 valence electrons. The fourth-order valence-electron chi connectivity index (χ4n) is 2.54. The molecular weight excluding hydrogens is 178 g/mol. The molecule has 0 bridgehead atoms. The van der Waals surface area contributed by atoms with Gasteiger partial charge < -0.3 is 14.8 Å². The molecule has 2 rings (SSSR count). The summed E-state index contributed by atoms with van der Waals surface area (Å²) < 4.78 is 10.9. The van der Waals surface area contributed by atoms with Gasteiger partial charge in [-0.1, -0.05) is 12.8 Å². The molecule has 2 aliphatic rings. The Labute approximate surface area is 86.2 Å². The van der Waals surface area contributed by atoms with Crippen molar-refractivity contribution in [1.82, 2.24) is 5.32 Å². The number of methoxy groups -OCH3 is 1. The molecule has 0 spiro atoms. The summed E-state index contributed by atoms with van der Waals surface area (Å²) in [5.41, 5.74) is 0. The molecule has 1 aliphatic carbocycles. The lowest BCUT2D eigenvalue weighted by atomic mass is 9.92. The highest BCUT2D eigenvalue weighted by molar-refractivity contribution is 4.85. The molecular formula is C11H21NO2. The van der Waals surface area contributed by atoms with E-state index in [2.05, 4.69) is 5.32 Å². The minimum atomic E-state index is 0.421. The fourth-order valence-corrected chi connectivity index (χ4v) is 2.54. The second-order valence-corrected chi connectivity index (χ2v) is 4.39. The van der Waals surface area contributed by atoms with Crippen molar-refractivity contribution in [2.75, 3.05) is 20.3 Å². The lowest BCUT2D eigenvalue weighted by Gasteiger charge is -2.33. The summed E-state index contributed by atoms with van der Waals surface area (Å²) in [5.74, 6) is 0. The number of hydrogen-bond donors (Lipinski definition) is 1. The number of hydrogen-bond acceptors (Lipinski definition) is 3. The third kappa shape index (κ3) is 2.47. The van der Waals surface area contributed by atoms with Crippen LogP contribution in [0.1, 0.15) is 32.1 Å². The highest BCUT2D eigenvalue weighted by Gasteiger charge is 2.28. The highest BCUT2D eigenvalue weighted by Crippen LogP contribution is 2.22. The van der Waals surface area contributed by atoms with E-state index in [4.69, 9.17) is 9.47 Å². The normalized spacial score (nSPS) is 38.8. The zero-order chi connectivity index (χ0) is 9.80. The molecule has 0 aromatic heterocycles. The molecule has 0 radical (unpaired) electrons. The Morgan fingerprint density at radius 3 is 2.79 bits per heavy atom. The summed E-state index contributed by atoms with van der Waals surface area (Å²) in [7, 11) is 1.83. The zero-order valence-electron chi connectivity index (χ0n) is 9.00. The molecule has 0 amide bonds. The van der Waals surface area contributed by atoms with Crippen LogP contribution in [0.25, 0.3) is 0 Å². The maximum Gasteiger partial charge on any atom is 0.0724 e. The van der Waals surface area contributed by atoms with E-state index in [-0.39, 0.29) is 0 Å². The van der Waals surface area contributed by atoms with Gasteiger partial charge in [0, 0.05) is 25.8 Å². The second-order valence-electron chi connectivity index (χ2n) is 4.39. The number of rotatable bonds is 3. The average molecular weight is 199 g/mol. The average Bonchev–Trinajstić information content (AvgIpc) is 2.71. The van der Waals surface area contributed by atoms with Gasteiger partial charge in [0.1, 0.15) is 0 Å². The van der Waals surface area contributed by atoms with Crippen molar-refractivity contribution in [1.29, 1.82) is 0 Å². The summed E-state index contributed by atoms with van der Waals surface area (Å²) in [5, 5.41) is 3.67. The number of nitrogens with one attached hydrogen (secondary N) is 1. The molecule has 1 N–H and O–H groups in total. The monoisotopic (exact) mass is 199 g/mol. The first-order valence-electron chi connectivity index (χ1n) is 5.76. The van der Waals surface area contributed by atoms with Crippen molar-refractivity contribution in [3.05, 3.63) is 0 Å². The first-order chi connectivity index (χ1) is 6.90. The number of ether oxygens (including phenoxy) is 2. The minimum absolute atomic E-state index is 0.421. The molecule has 0 aromatic carbocycles. The first-order valence-corrected chi connectivity index (χ1v) is 5.76. The van der Waals surface area contributed by atoms with E-state index in [1.54, 1.807) is 0 Å². The van der Waals surface area contributed by atoms with Crippen LogP contribution in [0.2, 0.25) is 0 Å². The van der Waals surface area contributed by atoms with Gasteiger partial charge in [0.25, 0.3) is 0 Å². The van der Waals surface area contributed by atoms with Gasteiger partial charge in [-0.25, -0.2) is 0 Å². The van der Waals surface area contributed by atoms with Gasteiger partial charge in [0.15, 0.2) is 0 Å². The zero-order valence-corrected chi connectivity index (χ0v) is 9.00. The van der Waals surface area contributed by atoms with Gasteiger partial charge in [-0.3, -0.25) is 0 Å². The van der Waals surface area contributed by atoms with E-state index in [0.717, 1.165) is 19.6 Å². The lowest BCUT2D eigenvalue weighted by molar-refractivity contribution is 0.0370. The van der Waals surface area contributed by atoms with E-state index in [1.807, 2.05) is 7.11 Å². The van der Waals surface area contributed by atoms with Crippen molar-refractivity contribution in [2.45, 2.75) is 50.3 Å². The molecule has 1 saturated carbocycles. The van der Waals surface area contributed by atoms with Gasteiger partial charge >= 0.3 is 0 Å². The third-order valence-electron chi connectivity index (χ3n) is 3.38. The topological polar surface area (TPSA) is 30.5 Å². The standard InChI is InChI=1S/C11H21NO2/c1-13-11-5-3-2-4-10(11)12-9-6-7-14-8-9/h9-12H,2-8H2,1H3/t9?,10-,11-/m1/s1. The van der Waals surface area contributed by atoms with Crippen LogP contribution in [-0.4, -0.2) is 38.5 Å². The molecule has 3 nitrogen and oxygen atoms in total. The summed E-state index contributed by atoms with van der Waals surface area (Å²) in [6.45, 7) is 1.80. The van der Waals surface area contributed by atoms with E-state index < -0.39 is 0 Å². The van der Waals surface area contributed by atoms with Crippen molar-refractivity contribution < 1.29 is 9.47 Å². The molecule has 2 fully saturated rings. The van der Waals surface area contributed by atoms with Gasteiger partial charge in [-0.05, 0) is 19.3 Å². The van der Waals surface area contributed by atoms with Crippen LogP contribution in [0.3, 0.4) is 0 Å². The van der Waals surface area contributed by atoms with E-state index >= 15 is 0 Å². The van der Waals surface area contributed by atoms with E-state index in [9.17, 15) is 0 Å². The lowest BCUT2D eigenvalue weighted by Crippen LogP contribution is -2.48. The van der Waals surface area contributed by atoms with Crippen LogP contribution in [0.4, 0.5) is 0 Å². The molecule has 0 aromatic rings. The Morgan fingerprint density at radius 1 is 1.21 bits per heavy atom. The smallest absolute Gasteiger partial charge is 0.0724 e. The molecule has 14 heavy (non-hydrogen) atoms. The maximum atomic E-state index is 5.51.